The number of phenols is 1. The zero-order chi connectivity index (χ0) is 71.8. The number of para-hydroxylation sites is 1. The van der Waals surface area contributed by atoms with E-state index in [1.807, 2.05) is 120 Å². The number of hydrogen-bond donors (Lipinski definition) is 1. The van der Waals surface area contributed by atoms with E-state index in [9.17, 15) is 10.6 Å². The third kappa shape index (κ3) is 11.8. The topological polar surface area (TPSA) is 50.9 Å². The number of pyridine rings is 1. The second-order valence-corrected chi connectivity index (χ2v) is 29.1. The zero-order valence-electron chi connectivity index (χ0n) is 65.4. The van der Waals surface area contributed by atoms with Crippen LogP contribution >= 0.6 is 0 Å². The number of aryl methyl sites for hydroxylation is 1. The molecule has 0 spiro atoms. The van der Waals surface area contributed by atoms with Crippen molar-refractivity contribution in [2.24, 2.45) is 10.8 Å². The van der Waals surface area contributed by atoms with Crippen molar-refractivity contribution in [2.45, 2.75) is 159 Å². The summed E-state index contributed by atoms with van der Waals surface area (Å²) in [6.45, 7) is 35.3. The maximum Gasteiger partial charge on any atom is 0.149 e. The Balaban J connectivity index is 1.27. The Morgan fingerprint density at radius 3 is 1.54 bits per heavy atom. The van der Waals surface area contributed by atoms with Gasteiger partial charge in [-0.2, -0.15) is 0 Å². The molecule has 4 nitrogen and oxygen atoms in total. The average molecular weight is 1120 g/mol. The van der Waals surface area contributed by atoms with Crippen LogP contribution in [0.2, 0.25) is 0 Å². The minimum atomic E-state index is -2.36. The Bertz CT molecular complexity index is 4640. The summed E-state index contributed by atoms with van der Waals surface area (Å²) in [6.07, 6.45) is 1.78. The molecule has 430 valence electrons. The molecule has 2 aromatic heterocycles. The van der Waals surface area contributed by atoms with E-state index in [4.69, 9.17) is 22.3 Å². The van der Waals surface area contributed by atoms with E-state index >= 15 is 0 Å². The van der Waals surface area contributed by atoms with Gasteiger partial charge in [0.2, 0.25) is 0 Å². The van der Waals surface area contributed by atoms with Gasteiger partial charge in [0.25, 0.3) is 0 Å². The van der Waals surface area contributed by atoms with Crippen molar-refractivity contribution in [1.82, 2.24) is 14.5 Å². The molecule has 10 aromatic rings. The lowest BCUT2D eigenvalue weighted by Gasteiger charge is -2.41. The largest absolute Gasteiger partial charge is 0.507 e. The summed E-state index contributed by atoms with van der Waals surface area (Å²) in [4.78, 5) is 10.7. The average Bonchev–Trinajstić information content (AvgIpc) is 1.64. The van der Waals surface area contributed by atoms with Crippen LogP contribution in [-0.4, -0.2) is 19.6 Å². The highest BCUT2D eigenvalue weighted by atomic mass is 16.3. The molecule has 0 saturated carbocycles. The smallest absolute Gasteiger partial charge is 0.149 e. The normalized spacial score (nSPS) is 15.2. The van der Waals surface area contributed by atoms with Gasteiger partial charge >= 0.3 is 0 Å². The lowest BCUT2D eigenvalue weighted by atomic mass is 9.63. The van der Waals surface area contributed by atoms with Crippen molar-refractivity contribution in [2.75, 3.05) is 0 Å². The number of nitrogens with zero attached hydrogens (tertiary/aromatic N) is 3. The van der Waals surface area contributed by atoms with E-state index < -0.39 is 88.9 Å². The number of fused-ring (bicyclic) bond motifs is 1. The monoisotopic (exact) mass is 1120 g/mol. The molecule has 2 heterocycles. The molecule has 0 unspecified atom stereocenters. The SMILES string of the molecule is [2H]c1c([2H])c([2H])c(-c2cc(C(C)(C)C)cc(-c3c([2H])c([2H])c([2H])c([2H])c3[2H])c2-n2c(-c3cc(C(C)(C)C)cc(C(C)(C)C)c3O)nc3c(-c4cc(-c5cc(-c6ccc(-c7ccc(C(C(C)(C)C)C(C)(C)C)cc7C([2H])([2H])[2H])cc6)ccn5)cc(C(C)(C)C)c4)cccc32)c([2H])c1[2H]. The third-order valence-electron chi connectivity index (χ3n) is 16.3. The Kier molecular flexibility index (Phi) is 11.5. The lowest BCUT2D eigenvalue weighted by molar-refractivity contribution is 0.176. The van der Waals surface area contributed by atoms with Crippen LogP contribution in [0.5, 0.6) is 5.75 Å². The van der Waals surface area contributed by atoms with Gasteiger partial charge in [0.15, 0.2) is 0 Å². The van der Waals surface area contributed by atoms with E-state index in [1.165, 1.54) is 0 Å². The predicted octanol–water partition coefficient (Wildman–Crippen LogP) is 22.5. The Labute approximate surface area is 521 Å². The van der Waals surface area contributed by atoms with Crippen molar-refractivity contribution in [1.29, 1.82) is 0 Å². The Morgan fingerprint density at radius 1 is 0.452 bits per heavy atom. The van der Waals surface area contributed by atoms with E-state index in [0.29, 0.717) is 44.5 Å². The molecule has 0 atom stereocenters. The fraction of sp³-hybridized carbons (Fsp3) is 0.325. The van der Waals surface area contributed by atoms with Crippen LogP contribution in [0, 0.1) is 17.7 Å². The first-order valence-corrected chi connectivity index (χ1v) is 29.2. The van der Waals surface area contributed by atoms with Crippen LogP contribution < -0.4 is 0 Å². The summed E-state index contributed by atoms with van der Waals surface area (Å²) in [7, 11) is 0. The van der Waals surface area contributed by atoms with Gasteiger partial charge in [0, 0.05) is 38.1 Å². The molecule has 0 radical (unpaired) electrons. The van der Waals surface area contributed by atoms with Crippen LogP contribution in [-0.2, 0) is 21.7 Å². The molecule has 0 amide bonds. The van der Waals surface area contributed by atoms with E-state index in [1.54, 1.807) is 22.9 Å². The van der Waals surface area contributed by atoms with Gasteiger partial charge in [0.05, 0.1) is 41.7 Å². The number of hydrogen-bond acceptors (Lipinski definition) is 3. The highest BCUT2D eigenvalue weighted by Crippen LogP contribution is 2.50. The van der Waals surface area contributed by atoms with E-state index in [0.717, 1.165) is 44.5 Å². The molecule has 4 heteroatoms. The summed E-state index contributed by atoms with van der Waals surface area (Å²) in [5.41, 5.74) is 8.87. The molecule has 1 N–H and O–H groups in total. The maximum atomic E-state index is 13.1. The Hall–Kier alpha value is -7.82. The van der Waals surface area contributed by atoms with Crippen LogP contribution in [0.25, 0.3) is 95.0 Å². The fourth-order valence-corrected chi connectivity index (χ4v) is 12.3. The molecule has 8 aromatic carbocycles. The van der Waals surface area contributed by atoms with Gasteiger partial charge in [-0.25, -0.2) is 4.98 Å². The molecular formula is C80H89N3O. The second-order valence-electron chi connectivity index (χ2n) is 29.1. The molecule has 0 bridgehead atoms. The summed E-state index contributed by atoms with van der Waals surface area (Å²) in [5.74, 6) is 0.168. The first kappa shape index (κ1) is 44.7. The third-order valence-corrected chi connectivity index (χ3v) is 16.3. The van der Waals surface area contributed by atoms with Crippen molar-refractivity contribution in [3.8, 4) is 89.7 Å². The highest BCUT2D eigenvalue weighted by molar-refractivity contribution is 6.00. The second kappa shape index (κ2) is 21.7. The molecule has 84 heavy (non-hydrogen) atoms. The first-order chi connectivity index (χ1) is 44.6. The molecule has 0 fully saturated rings. The fourth-order valence-electron chi connectivity index (χ4n) is 12.3. The van der Waals surface area contributed by atoms with Crippen LogP contribution in [0.4, 0.5) is 0 Å². The van der Waals surface area contributed by atoms with Gasteiger partial charge in [-0.15, -0.1) is 0 Å². The summed E-state index contributed by atoms with van der Waals surface area (Å²) in [5, 5.41) is 13.1. The summed E-state index contributed by atoms with van der Waals surface area (Å²) < 4.78 is 120. The van der Waals surface area contributed by atoms with Gasteiger partial charge in [-0.3, -0.25) is 9.55 Å². The van der Waals surface area contributed by atoms with Crippen molar-refractivity contribution in [3.63, 3.8) is 0 Å². The Morgan fingerprint density at radius 2 is 0.988 bits per heavy atom. The van der Waals surface area contributed by atoms with Crippen LogP contribution in [0.15, 0.2) is 182 Å². The zero-order valence-corrected chi connectivity index (χ0v) is 52.4. The number of aromatic nitrogens is 3. The minimum Gasteiger partial charge on any atom is -0.507 e. The quantitative estimate of drug-likeness (QED) is 0.157. The summed E-state index contributed by atoms with van der Waals surface area (Å²) >= 11 is 0. The number of rotatable bonds is 9. The van der Waals surface area contributed by atoms with Crippen molar-refractivity contribution in [3.05, 3.63) is 215 Å². The van der Waals surface area contributed by atoms with Crippen LogP contribution in [0.3, 0.4) is 0 Å². The standard InChI is InChI=1S/C80H89N3O/c1-50-41-56(73(79(14,15)16)80(17,18)19)37-38-62(50)54-35-33-51(34-36-54)55-39-40-81-68(45-55)58-42-57(43-59(44-58)75(2,3)4)63-31-26-32-69-70(63)82-74(66-48-61(77(8,9)10)49-67(72(66)84)78(11,12)13)83(69)71-64(52-27-22-20-23-28-52)46-60(76(5,6)7)47-65(71)53-29-24-21-25-30-53/h20-49,73,84H,1-19H3/i1D3,20D,21D,22D,23D,24D,25D,27D,28D,29D,30D. The number of imidazole rings is 1. The van der Waals surface area contributed by atoms with E-state index in [2.05, 4.69) is 107 Å². The van der Waals surface area contributed by atoms with Crippen LogP contribution in [0.1, 0.15) is 182 Å². The minimum absolute atomic E-state index is 0.0869. The summed E-state index contributed by atoms with van der Waals surface area (Å²) in [6, 6.07) is 31.5. The molecule has 0 aliphatic heterocycles. The number of phenolic OH excluding ortho intramolecular Hbond substituents is 1. The van der Waals surface area contributed by atoms with Gasteiger partial charge in [-0.1, -0.05) is 252 Å². The van der Waals surface area contributed by atoms with E-state index in [-0.39, 0.29) is 61.8 Å². The molecule has 0 aliphatic carbocycles. The first-order valence-electron chi connectivity index (χ1n) is 35.7. The lowest BCUT2D eigenvalue weighted by Crippen LogP contribution is -2.30. The predicted molar refractivity (Wildman–Crippen MR) is 360 cm³/mol. The van der Waals surface area contributed by atoms with Crippen molar-refractivity contribution >= 4 is 11.0 Å². The van der Waals surface area contributed by atoms with Gasteiger partial charge in [0.1, 0.15) is 11.6 Å². The molecule has 0 saturated heterocycles. The highest BCUT2D eigenvalue weighted by Gasteiger charge is 2.37. The van der Waals surface area contributed by atoms with Gasteiger partial charge < -0.3 is 5.11 Å². The molecular weight excluding hydrogens is 1020 g/mol. The number of aromatic hydroxyl groups is 1. The molecule has 0 aliphatic rings. The van der Waals surface area contributed by atoms with Gasteiger partial charge in [-0.05, 0) is 161 Å². The maximum absolute atomic E-state index is 13.1. The van der Waals surface area contributed by atoms with Crippen molar-refractivity contribution < 1.29 is 22.9 Å². The molecule has 10 rings (SSSR count). The number of benzene rings is 8.